The molecule has 1 amide bonds. The zero-order chi connectivity index (χ0) is 13.0. The van der Waals surface area contributed by atoms with Crippen molar-refractivity contribution in [3.05, 3.63) is 28.2 Å². The Bertz CT molecular complexity index is 430. The number of benzene rings is 1. The molecule has 0 saturated carbocycles. The molecule has 1 unspecified atom stereocenters. The number of thioether (sulfide) groups is 1. The van der Waals surface area contributed by atoms with E-state index in [-0.39, 0.29) is 11.2 Å². The molecule has 1 aliphatic heterocycles. The van der Waals surface area contributed by atoms with Gasteiger partial charge in [-0.15, -0.1) is 11.8 Å². The van der Waals surface area contributed by atoms with Crippen molar-refractivity contribution in [2.75, 3.05) is 11.1 Å². The van der Waals surface area contributed by atoms with Gasteiger partial charge in [0.1, 0.15) is 0 Å². The maximum Gasteiger partial charge on any atom is 0.237 e. The van der Waals surface area contributed by atoms with Crippen molar-refractivity contribution in [2.24, 2.45) is 0 Å². The van der Waals surface area contributed by atoms with Gasteiger partial charge in [0.2, 0.25) is 5.91 Å². The molecule has 0 radical (unpaired) electrons. The highest BCUT2D eigenvalue weighted by Gasteiger charge is 2.22. The van der Waals surface area contributed by atoms with Crippen LogP contribution in [0.2, 0.25) is 0 Å². The molecule has 1 atom stereocenters. The zero-order valence-corrected chi connectivity index (χ0v) is 12.9. The van der Waals surface area contributed by atoms with Gasteiger partial charge < -0.3 is 5.32 Å². The highest BCUT2D eigenvalue weighted by Crippen LogP contribution is 2.27. The van der Waals surface area contributed by atoms with Crippen LogP contribution in [-0.4, -0.2) is 16.9 Å². The number of carbonyl (C=O) groups excluding carboxylic acids is 1. The molecular weight excluding hydrogens is 310 g/mol. The Labute approximate surface area is 121 Å². The Balaban J connectivity index is 2.06. The molecule has 1 aromatic carbocycles. The van der Waals surface area contributed by atoms with Gasteiger partial charge in [-0.05, 0) is 48.8 Å². The minimum absolute atomic E-state index is 0.132. The monoisotopic (exact) mass is 327 g/mol. The Morgan fingerprint density at radius 3 is 3.00 bits per heavy atom. The SMILES string of the molecule is CCc1cc(Br)ccc1NC(=O)C1CCCCS1. The second-order valence-electron chi connectivity index (χ2n) is 4.50. The summed E-state index contributed by atoms with van der Waals surface area (Å²) in [6.45, 7) is 2.10. The van der Waals surface area contributed by atoms with Crippen molar-refractivity contribution in [3.8, 4) is 0 Å². The third kappa shape index (κ3) is 3.51. The van der Waals surface area contributed by atoms with Gasteiger partial charge in [0.25, 0.3) is 0 Å². The minimum atomic E-state index is 0.132. The summed E-state index contributed by atoms with van der Waals surface area (Å²) < 4.78 is 1.06. The summed E-state index contributed by atoms with van der Waals surface area (Å²) in [4.78, 5) is 12.2. The van der Waals surface area contributed by atoms with Crippen LogP contribution in [0.5, 0.6) is 0 Å². The van der Waals surface area contributed by atoms with Gasteiger partial charge in [0.05, 0.1) is 5.25 Å². The van der Waals surface area contributed by atoms with Gasteiger partial charge in [-0.3, -0.25) is 4.79 Å². The van der Waals surface area contributed by atoms with Gasteiger partial charge in [-0.25, -0.2) is 0 Å². The van der Waals surface area contributed by atoms with Gasteiger partial charge in [0.15, 0.2) is 0 Å². The van der Waals surface area contributed by atoms with Crippen LogP contribution in [0.4, 0.5) is 5.69 Å². The summed E-state index contributed by atoms with van der Waals surface area (Å²) >= 11 is 5.25. The Kier molecular flexibility index (Phi) is 5.13. The van der Waals surface area contributed by atoms with E-state index >= 15 is 0 Å². The number of carbonyl (C=O) groups is 1. The van der Waals surface area contributed by atoms with Crippen LogP contribution >= 0.6 is 27.7 Å². The van der Waals surface area contributed by atoms with E-state index in [1.807, 2.05) is 12.1 Å². The quantitative estimate of drug-likeness (QED) is 0.899. The van der Waals surface area contributed by atoms with Gasteiger partial charge in [-0.1, -0.05) is 29.3 Å². The third-order valence-electron chi connectivity index (χ3n) is 3.18. The molecule has 1 N–H and O–H groups in total. The summed E-state index contributed by atoms with van der Waals surface area (Å²) in [5, 5.41) is 3.21. The lowest BCUT2D eigenvalue weighted by Crippen LogP contribution is -2.27. The van der Waals surface area contributed by atoms with E-state index in [2.05, 4.69) is 34.2 Å². The maximum absolute atomic E-state index is 12.2. The van der Waals surface area contributed by atoms with Crippen molar-refractivity contribution in [3.63, 3.8) is 0 Å². The predicted molar refractivity (Wildman–Crippen MR) is 82.2 cm³/mol. The standard InChI is InChI=1S/C14H18BrNOS/c1-2-10-9-11(15)6-7-12(10)16-14(17)13-5-3-4-8-18-13/h6-7,9,13H,2-5,8H2,1H3,(H,16,17). The number of halogens is 1. The largest absolute Gasteiger partial charge is 0.325 e. The van der Waals surface area contributed by atoms with Crippen LogP contribution in [0.3, 0.4) is 0 Å². The zero-order valence-electron chi connectivity index (χ0n) is 10.5. The lowest BCUT2D eigenvalue weighted by Gasteiger charge is -2.21. The van der Waals surface area contributed by atoms with Crippen LogP contribution in [0.25, 0.3) is 0 Å². The van der Waals surface area contributed by atoms with Crippen LogP contribution in [-0.2, 0) is 11.2 Å². The topological polar surface area (TPSA) is 29.1 Å². The average molecular weight is 328 g/mol. The molecule has 2 nitrogen and oxygen atoms in total. The molecular formula is C14H18BrNOS. The van der Waals surface area contributed by atoms with E-state index in [1.165, 1.54) is 18.4 Å². The Morgan fingerprint density at radius 2 is 2.33 bits per heavy atom. The lowest BCUT2D eigenvalue weighted by molar-refractivity contribution is -0.115. The number of amides is 1. The first-order valence-corrected chi connectivity index (χ1v) is 8.25. The Morgan fingerprint density at radius 1 is 1.50 bits per heavy atom. The lowest BCUT2D eigenvalue weighted by atomic mass is 10.1. The number of hydrogen-bond donors (Lipinski definition) is 1. The van der Waals surface area contributed by atoms with Crippen molar-refractivity contribution in [1.82, 2.24) is 0 Å². The molecule has 4 heteroatoms. The van der Waals surface area contributed by atoms with Gasteiger partial charge >= 0.3 is 0 Å². The van der Waals surface area contributed by atoms with Crippen LogP contribution in [0, 0.1) is 0 Å². The smallest absolute Gasteiger partial charge is 0.237 e. The summed E-state index contributed by atoms with van der Waals surface area (Å²) in [5.41, 5.74) is 2.13. The van der Waals surface area contributed by atoms with E-state index in [0.29, 0.717) is 0 Å². The number of hydrogen-bond acceptors (Lipinski definition) is 2. The minimum Gasteiger partial charge on any atom is -0.325 e. The molecule has 1 aliphatic rings. The first-order valence-electron chi connectivity index (χ1n) is 6.41. The molecule has 1 fully saturated rings. The normalized spacial score (nSPS) is 19.6. The fourth-order valence-corrected chi connectivity index (χ4v) is 3.74. The van der Waals surface area contributed by atoms with Crippen molar-refractivity contribution in [1.29, 1.82) is 0 Å². The van der Waals surface area contributed by atoms with Crippen LogP contribution in [0.15, 0.2) is 22.7 Å². The molecule has 1 heterocycles. The molecule has 98 valence electrons. The van der Waals surface area contributed by atoms with E-state index in [9.17, 15) is 4.79 Å². The number of anilines is 1. The van der Waals surface area contributed by atoms with Crippen LogP contribution in [0.1, 0.15) is 31.7 Å². The first-order chi connectivity index (χ1) is 8.70. The summed E-state index contributed by atoms with van der Waals surface area (Å²) in [7, 11) is 0. The molecule has 2 rings (SSSR count). The van der Waals surface area contributed by atoms with E-state index in [0.717, 1.165) is 28.8 Å². The third-order valence-corrected chi connectivity index (χ3v) is 5.05. The molecule has 1 aromatic rings. The molecule has 0 spiro atoms. The number of rotatable bonds is 3. The van der Waals surface area contributed by atoms with Crippen molar-refractivity contribution < 1.29 is 4.79 Å². The van der Waals surface area contributed by atoms with E-state index < -0.39 is 0 Å². The number of nitrogens with one attached hydrogen (secondary N) is 1. The molecule has 18 heavy (non-hydrogen) atoms. The summed E-state index contributed by atoms with van der Waals surface area (Å²) in [6, 6.07) is 6.03. The van der Waals surface area contributed by atoms with Crippen LogP contribution < -0.4 is 5.32 Å². The number of aryl methyl sites for hydroxylation is 1. The molecule has 0 aromatic heterocycles. The van der Waals surface area contributed by atoms with Crippen molar-refractivity contribution in [2.45, 2.75) is 37.9 Å². The maximum atomic E-state index is 12.2. The first kappa shape index (κ1) is 13.9. The Hall–Kier alpha value is -0.480. The highest BCUT2D eigenvalue weighted by atomic mass is 79.9. The fourth-order valence-electron chi connectivity index (χ4n) is 2.14. The van der Waals surface area contributed by atoms with Gasteiger partial charge in [0, 0.05) is 10.2 Å². The molecule has 0 aliphatic carbocycles. The fraction of sp³-hybridized carbons (Fsp3) is 0.500. The van der Waals surface area contributed by atoms with E-state index in [4.69, 9.17) is 0 Å². The highest BCUT2D eigenvalue weighted by molar-refractivity contribution is 9.10. The van der Waals surface area contributed by atoms with Gasteiger partial charge in [-0.2, -0.15) is 0 Å². The molecule has 0 bridgehead atoms. The average Bonchev–Trinajstić information content (AvgIpc) is 2.41. The predicted octanol–water partition coefficient (Wildman–Crippen LogP) is 4.24. The summed E-state index contributed by atoms with van der Waals surface area (Å²) in [6.07, 6.45) is 4.35. The van der Waals surface area contributed by atoms with E-state index in [1.54, 1.807) is 11.8 Å². The second-order valence-corrected chi connectivity index (χ2v) is 6.73. The summed E-state index contributed by atoms with van der Waals surface area (Å²) in [5.74, 6) is 1.27. The molecule has 1 saturated heterocycles. The van der Waals surface area contributed by atoms with Crippen molar-refractivity contribution >= 4 is 39.3 Å². The second kappa shape index (κ2) is 6.62.